The second kappa shape index (κ2) is 4.83. The average Bonchev–Trinajstić information content (AvgIpc) is 2.14. The van der Waals surface area contributed by atoms with E-state index in [0.717, 1.165) is 6.07 Å². The number of rotatable bonds is 1. The third kappa shape index (κ3) is 2.61. The van der Waals surface area contributed by atoms with Gasteiger partial charge in [0.15, 0.2) is 11.6 Å². The lowest BCUT2D eigenvalue weighted by Crippen LogP contribution is -1.86. The molecule has 0 unspecified atom stereocenters. The van der Waals surface area contributed by atoms with Crippen molar-refractivity contribution in [3.8, 4) is 17.6 Å². The van der Waals surface area contributed by atoms with Crippen molar-refractivity contribution in [1.29, 1.82) is 0 Å². The Hall–Kier alpha value is -1.27. The first-order valence-electron chi connectivity index (χ1n) is 3.88. The lowest BCUT2D eigenvalue weighted by atomic mass is 10.2. The van der Waals surface area contributed by atoms with Crippen molar-refractivity contribution in [2.45, 2.75) is 6.42 Å². The highest BCUT2D eigenvalue weighted by Gasteiger charge is 2.06. The standard InChI is InChI=1S/C10H7ClF2O/c11-4-2-1-3-7-5-8(12)9(13)6-10(7)14/h5-6,14H,2,4H2. The van der Waals surface area contributed by atoms with Crippen LogP contribution in [-0.2, 0) is 0 Å². The van der Waals surface area contributed by atoms with Crippen molar-refractivity contribution in [2.75, 3.05) is 5.88 Å². The lowest BCUT2D eigenvalue weighted by Gasteiger charge is -1.97. The Bertz CT molecular complexity index is 393. The van der Waals surface area contributed by atoms with Gasteiger partial charge in [-0.2, -0.15) is 0 Å². The molecule has 0 aromatic heterocycles. The molecule has 1 rings (SSSR count). The molecular formula is C10H7ClF2O. The number of aromatic hydroxyl groups is 1. The summed E-state index contributed by atoms with van der Waals surface area (Å²) >= 11 is 5.36. The maximum Gasteiger partial charge on any atom is 0.162 e. The van der Waals surface area contributed by atoms with E-state index in [4.69, 9.17) is 11.6 Å². The third-order valence-electron chi connectivity index (χ3n) is 1.48. The molecular weight excluding hydrogens is 210 g/mol. The fourth-order valence-corrected chi connectivity index (χ4v) is 0.936. The Morgan fingerprint density at radius 3 is 2.57 bits per heavy atom. The highest BCUT2D eigenvalue weighted by Crippen LogP contribution is 2.19. The molecule has 1 N–H and O–H groups in total. The molecule has 0 bridgehead atoms. The van der Waals surface area contributed by atoms with Crippen molar-refractivity contribution in [3.05, 3.63) is 29.3 Å². The van der Waals surface area contributed by atoms with Gasteiger partial charge in [-0.1, -0.05) is 11.8 Å². The fraction of sp³-hybridized carbons (Fsp3) is 0.200. The van der Waals surface area contributed by atoms with Gasteiger partial charge in [-0.3, -0.25) is 0 Å². The van der Waals surface area contributed by atoms with Crippen molar-refractivity contribution in [2.24, 2.45) is 0 Å². The molecule has 0 saturated heterocycles. The summed E-state index contributed by atoms with van der Waals surface area (Å²) in [5.74, 6) is 2.97. The first kappa shape index (κ1) is 10.8. The summed E-state index contributed by atoms with van der Waals surface area (Å²) in [6, 6.07) is 1.55. The van der Waals surface area contributed by atoms with E-state index in [1.165, 1.54) is 0 Å². The minimum atomic E-state index is -1.09. The number of phenols is 1. The molecule has 0 aliphatic carbocycles. The molecule has 4 heteroatoms. The Labute approximate surface area is 85.3 Å². The number of phenolic OH excluding ortho intramolecular Hbond substituents is 1. The normalized spacial score (nSPS) is 9.36. The van der Waals surface area contributed by atoms with Crippen molar-refractivity contribution in [1.82, 2.24) is 0 Å². The zero-order chi connectivity index (χ0) is 10.6. The molecule has 1 aromatic carbocycles. The smallest absolute Gasteiger partial charge is 0.162 e. The molecule has 0 spiro atoms. The van der Waals surface area contributed by atoms with Crippen LogP contribution in [0.1, 0.15) is 12.0 Å². The lowest BCUT2D eigenvalue weighted by molar-refractivity contribution is 0.453. The summed E-state index contributed by atoms with van der Waals surface area (Å²) < 4.78 is 25.2. The number of halogens is 3. The molecule has 0 atom stereocenters. The van der Waals surface area contributed by atoms with E-state index in [9.17, 15) is 13.9 Å². The number of benzene rings is 1. The van der Waals surface area contributed by atoms with Gasteiger partial charge in [0.25, 0.3) is 0 Å². The molecule has 0 amide bonds. The zero-order valence-electron chi connectivity index (χ0n) is 7.15. The molecule has 1 aromatic rings. The van der Waals surface area contributed by atoms with Gasteiger partial charge in [0.2, 0.25) is 0 Å². The first-order chi connectivity index (χ1) is 6.65. The quantitative estimate of drug-likeness (QED) is 0.565. The fourth-order valence-electron chi connectivity index (χ4n) is 0.841. The average molecular weight is 217 g/mol. The number of hydrogen-bond acceptors (Lipinski definition) is 1. The molecule has 1 nitrogen and oxygen atoms in total. The van der Waals surface area contributed by atoms with Crippen LogP contribution >= 0.6 is 11.6 Å². The van der Waals surface area contributed by atoms with Crippen molar-refractivity contribution in [3.63, 3.8) is 0 Å². The number of hydrogen-bond donors (Lipinski definition) is 1. The van der Waals surface area contributed by atoms with E-state index in [1.807, 2.05) is 0 Å². The van der Waals surface area contributed by atoms with Crippen LogP contribution in [-0.4, -0.2) is 11.0 Å². The van der Waals surface area contributed by atoms with Crippen LogP contribution in [0.3, 0.4) is 0 Å². The van der Waals surface area contributed by atoms with Gasteiger partial charge in [0, 0.05) is 18.4 Å². The first-order valence-corrected chi connectivity index (χ1v) is 4.41. The van der Waals surface area contributed by atoms with Crippen LogP contribution in [0, 0.1) is 23.5 Å². The van der Waals surface area contributed by atoms with E-state index >= 15 is 0 Å². The van der Waals surface area contributed by atoms with E-state index < -0.39 is 11.6 Å². The van der Waals surface area contributed by atoms with E-state index in [0.29, 0.717) is 18.4 Å². The minimum absolute atomic E-state index is 0.0639. The molecule has 0 aliphatic rings. The Kier molecular flexibility index (Phi) is 3.73. The summed E-state index contributed by atoms with van der Waals surface area (Å²) in [4.78, 5) is 0. The zero-order valence-corrected chi connectivity index (χ0v) is 7.91. The predicted molar refractivity (Wildman–Crippen MR) is 50.2 cm³/mol. The van der Waals surface area contributed by atoms with Crippen LogP contribution in [0.5, 0.6) is 5.75 Å². The largest absolute Gasteiger partial charge is 0.507 e. The summed E-state index contributed by atoms with van der Waals surface area (Å²) in [5, 5.41) is 9.17. The van der Waals surface area contributed by atoms with Gasteiger partial charge in [0.1, 0.15) is 5.75 Å². The predicted octanol–water partition coefficient (Wildman–Crippen LogP) is 2.65. The second-order valence-electron chi connectivity index (χ2n) is 2.52. The van der Waals surface area contributed by atoms with Gasteiger partial charge >= 0.3 is 0 Å². The van der Waals surface area contributed by atoms with Crippen LogP contribution in [0.2, 0.25) is 0 Å². The SMILES string of the molecule is Oc1cc(F)c(F)cc1C#CCCCl. The van der Waals surface area contributed by atoms with Crippen LogP contribution in [0.15, 0.2) is 12.1 Å². The molecule has 0 radical (unpaired) electrons. The molecule has 0 fully saturated rings. The maximum absolute atomic E-state index is 12.7. The van der Waals surface area contributed by atoms with E-state index in [1.54, 1.807) is 0 Å². The Morgan fingerprint density at radius 2 is 1.93 bits per heavy atom. The van der Waals surface area contributed by atoms with E-state index in [-0.39, 0.29) is 11.3 Å². The summed E-state index contributed by atoms with van der Waals surface area (Å²) in [6.07, 6.45) is 0.431. The van der Waals surface area contributed by atoms with Gasteiger partial charge in [-0.15, -0.1) is 11.6 Å². The Morgan fingerprint density at radius 1 is 1.29 bits per heavy atom. The monoisotopic (exact) mass is 216 g/mol. The highest BCUT2D eigenvalue weighted by atomic mass is 35.5. The number of alkyl halides is 1. The van der Waals surface area contributed by atoms with Crippen LogP contribution in [0.25, 0.3) is 0 Å². The molecule has 0 heterocycles. The molecule has 0 aliphatic heterocycles. The third-order valence-corrected chi connectivity index (χ3v) is 1.67. The summed E-state index contributed by atoms with van der Waals surface area (Å²) in [6.45, 7) is 0. The molecule has 14 heavy (non-hydrogen) atoms. The van der Waals surface area contributed by atoms with Gasteiger partial charge in [0.05, 0.1) is 5.56 Å². The van der Waals surface area contributed by atoms with Crippen molar-refractivity contribution >= 4 is 11.6 Å². The van der Waals surface area contributed by atoms with Gasteiger partial charge in [-0.25, -0.2) is 8.78 Å². The van der Waals surface area contributed by atoms with Gasteiger partial charge in [-0.05, 0) is 6.07 Å². The minimum Gasteiger partial charge on any atom is -0.507 e. The van der Waals surface area contributed by atoms with Gasteiger partial charge < -0.3 is 5.11 Å². The summed E-state index contributed by atoms with van der Waals surface area (Å²) in [7, 11) is 0. The van der Waals surface area contributed by atoms with Crippen molar-refractivity contribution < 1.29 is 13.9 Å². The van der Waals surface area contributed by atoms with Crippen LogP contribution < -0.4 is 0 Å². The van der Waals surface area contributed by atoms with E-state index in [2.05, 4.69) is 11.8 Å². The maximum atomic E-state index is 12.7. The summed E-state index contributed by atoms with van der Waals surface area (Å²) in [5.41, 5.74) is 0.0639. The van der Waals surface area contributed by atoms with Crippen LogP contribution in [0.4, 0.5) is 8.78 Å². The molecule has 74 valence electrons. The topological polar surface area (TPSA) is 20.2 Å². The second-order valence-corrected chi connectivity index (χ2v) is 2.90. The highest BCUT2D eigenvalue weighted by molar-refractivity contribution is 6.18. The Balaban J connectivity index is 3.00. The molecule has 0 saturated carbocycles.